The van der Waals surface area contributed by atoms with Gasteiger partial charge in [0.05, 0.1) is 5.39 Å². The Morgan fingerprint density at radius 1 is 1.03 bits per heavy atom. The Bertz CT molecular complexity index is 1350. The van der Waals surface area contributed by atoms with Crippen LogP contribution in [0.2, 0.25) is 0 Å². The Labute approximate surface area is 191 Å². The molecular weight excluding hydrogens is 416 g/mol. The van der Waals surface area contributed by atoms with Gasteiger partial charge in [-0.3, -0.25) is 4.90 Å². The molecule has 3 heterocycles. The Morgan fingerprint density at radius 3 is 2.61 bits per heavy atom. The molecule has 2 aromatic heterocycles. The molecule has 8 nitrogen and oxygen atoms in total. The molecule has 2 N–H and O–H groups in total. The Kier molecular flexibility index (Phi) is 5.77. The number of hydrogen-bond donors (Lipinski definition) is 2. The number of nitrogens with zero attached hydrogens (tertiary/aromatic N) is 5. The van der Waals surface area contributed by atoms with E-state index in [1.54, 1.807) is 12.1 Å². The SMILES string of the molecule is CN(c1cccc(-c2cccc(CN3CCNCC3)c2)c1)c1nc(=O)n(O)c2ncccc12. The second-order valence-electron chi connectivity index (χ2n) is 8.24. The van der Waals surface area contributed by atoms with E-state index in [0.29, 0.717) is 15.9 Å². The van der Waals surface area contributed by atoms with Gasteiger partial charge < -0.3 is 15.4 Å². The molecule has 0 spiro atoms. The van der Waals surface area contributed by atoms with Crippen molar-refractivity contribution in [3.63, 3.8) is 0 Å². The van der Waals surface area contributed by atoms with Gasteiger partial charge in [0.2, 0.25) is 0 Å². The molecule has 1 aliphatic heterocycles. The van der Waals surface area contributed by atoms with Gasteiger partial charge >= 0.3 is 5.69 Å². The molecule has 1 fully saturated rings. The van der Waals surface area contributed by atoms with E-state index in [2.05, 4.69) is 56.6 Å². The highest BCUT2D eigenvalue weighted by Gasteiger charge is 2.16. The molecule has 0 bridgehead atoms. The first kappa shape index (κ1) is 21.1. The Hall–Kier alpha value is -3.75. The molecule has 1 aliphatic rings. The van der Waals surface area contributed by atoms with E-state index in [9.17, 15) is 10.0 Å². The fourth-order valence-electron chi connectivity index (χ4n) is 4.28. The highest BCUT2D eigenvalue weighted by atomic mass is 16.5. The Morgan fingerprint density at radius 2 is 1.79 bits per heavy atom. The molecule has 0 saturated carbocycles. The van der Waals surface area contributed by atoms with Gasteiger partial charge in [-0.25, -0.2) is 9.78 Å². The summed E-state index contributed by atoms with van der Waals surface area (Å²) in [4.78, 5) is 24.8. The average Bonchev–Trinajstić information content (AvgIpc) is 2.87. The Balaban J connectivity index is 1.47. The first-order valence-electron chi connectivity index (χ1n) is 11.0. The number of rotatable bonds is 5. The van der Waals surface area contributed by atoms with Gasteiger partial charge in [0.25, 0.3) is 0 Å². The van der Waals surface area contributed by atoms with Crippen LogP contribution >= 0.6 is 0 Å². The van der Waals surface area contributed by atoms with Gasteiger partial charge in [-0.05, 0) is 47.0 Å². The number of fused-ring (bicyclic) bond motifs is 1. The van der Waals surface area contributed by atoms with Crippen molar-refractivity contribution in [3.05, 3.63) is 82.9 Å². The van der Waals surface area contributed by atoms with Crippen molar-refractivity contribution in [2.24, 2.45) is 0 Å². The summed E-state index contributed by atoms with van der Waals surface area (Å²) in [6.07, 6.45) is 1.53. The number of nitrogens with one attached hydrogen (secondary N) is 1. The summed E-state index contributed by atoms with van der Waals surface area (Å²) in [6.45, 7) is 5.13. The lowest BCUT2D eigenvalue weighted by Gasteiger charge is -2.27. The normalized spacial score (nSPS) is 14.5. The van der Waals surface area contributed by atoms with Gasteiger partial charge in [0.1, 0.15) is 5.82 Å². The smallest absolute Gasteiger partial charge is 0.384 e. The van der Waals surface area contributed by atoms with E-state index >= 15 is 0 Å². The third-order valence-electron chi connectivity index (χ3n) is 6.04. The number of piperazine rings is 1. The largest absolute Gasteiger partial charge is 0.422 e. The van der Waals surface area contributed by atoms with Crippen LogP contribution < -0.4 is 15.9 Å². The van der Waals surface area contributed by atoms with Crippen molar-refractivity contribution >= 4 is 22.5 Å². The molecular formula is C25H26N6O2. The van der Waals surface area contributed by atoms with Crippen LogP contribution in [0, 0.1) is 0 Å². The number of pyridine rings is 1. The lowest BCUT2D eigenvalue weighted by atomic mass is 10.0. The molecule has 168 valence electrons. The van der Waals surface area contributed by atoms with Gasteiger partial charge in [-0.1, -0.05) is 30.3 Å². The van der Waals surface area contributed by atoms with Crippen LogP contribution in [0.1, 0.15) is 5.56 Å². The molecule has 5 rings (SSSR count). The van der Waals surface area contributed by atoms with Crippen LogP contribution in [0.25, 0.3) is 22.2 Å². The zero-order valence-corrected chi connectivity index (χ0v) is 18.5. The summed E-state index contributed by atoms with van der Waals surface area (Å²) in [5.74, 6) is 0.443. The van der Waals surface area contributed by atoms with Crippen LogP contribution in [-0.4, -0.2) is 58.0 Å². The second kappa shape index (κ2) is 9.01. The molecule has 0 radical (unpaired) electrons. The first-order chi connectivity index (χ1) is 16.1. The lowest BCUT2D eigenvalue weighted by molar-refractivity contribution is 0.182. The van der Waals surface area contributed by atoms with Crippen molar-refractivity contribution in [2.45, 2.75) is 6.54 Å². The predicted molar refractivity (Wildman–Crippen MR) is 129 cm³/mol. The number of hydrogen-bond acceptors (Lipinski definition) is 7. The second-order valence-corrected chi connectivity index (χ2v) is 8.24. The minimum Gasteiger partial charge on any atom is -0.422 e. The van der Waals surface area contributed by atoms with Crippen LogP contribution in [0.5, 0.6) is 0 Å². The molecule has 0 amide bonds. The molecule has 8 heteroatoms. The van der Waals surface area contributed by atoms with E-state index in [0.717, 1.165) is 49.5 Å². The van der Waals surface area contributed by atoms with Gasteiger partial charge in [-0.15, -0.1) is 4.73 Å². The topological polar surface area (TPSA) is 86.5 Å². The minimum absolute atomic E-state index is 0.177. The van der Waals surface area contributed by atoms with Gasteiger partial charge in [0.15, 0.2) is 5.65 Å². The monoisotopic (exact) mass is 442 g/mol. The maximum Gasteiger partial charge on any atom is 0.384 e. The molecule has 0 atom stereocenters. The number of anilines is 2. The standard InChI is InChI=1S/C25H26N6O2/c1-29(24-22-9-4-10-27-23(22)31(33)25(32)28-24)21-8-3-7-20(16-21)19-6-2-5-18(15-19)17-30-13-11-26-12-14-30/h2-10,15-16,26,33H,11-14,17H2,1H3. The summed E-state index contributed by atoms with van der Waals surface area (Å²) in [5.41, 5.74) is 3.81. The van der Waals surface area contributed by atoms with Crippen molar-refractivity contribution in [3.8, 4) is 11.1 Å². The van der Waals surface area contributed by atoms with Crippen LogP contribution in [0.15, 0.2) is 71.7 Å². The lowest BCUT2D eigenvalue weighted by Crippen LogP contribution is -2.42. The zero-order valence-electron chi connectivity index (χ0n) is 18.5. The van der Waals surface area contributed by atoms with Gasteiger partial charge in [0, 0.05) is 51.7 Å². The molecule has 33 heavy (non-hydrogen) atoms. The maximum atomic E-state index is 12.2. The van der Waals surface area contributed by atoms with Gasteiger partial charge in [-0.2, -0.15) is 4.98 Å². The first-order valence-corrected chi connectivity index (χ1v) is 11.0. The summed E-state index contributed by atoms with van der Waals surface area (Å²) in [5, 5.41) is 14.0. The quantitative estimate of drug-likeness (QED) is 0.460. The van der Waals surface area contributed by atoms with Crippen molar-refractivity contribution in [1.82, 2.24) is 24.9 Å². The summed E-state index contributed by atoms with van der Waals surface area (Å²) >= 11 is 0. The number of aromatic nitrogens is 3. The van der Waals surface area contributed by atoms with Crippen LogP contribution in [0.3, 0.4) is 0 Å². The highest BCUT2D eigenvalue weighted by Crippen LogP contribution is 2.30. The predicted octanol–water partition coefficient (Wildman–Crippen LogP) is 2.87. The minimum atomic E-state index is -0.764. The van der Waals surface area contributed by atoms with Crippen molar-refractivity contribution in [1.29, 1.82) is 0 Å². The third kappa shape index (κ3) is 4.30. The molecule has 4 aromatic rings. The van der Waals surface area contributed by atoms with E-state index in [1.807, 2.05) is 24.1 Å². The zero-order chi connectivity index (χ0) is 22.8. The van der Waals surface area contributed by atoms with E-state index in [-0.39, 0.29) is 5.65 Å². The van der Waals surface area contributed by atoms with E-state index in [4.69, 9.17) is 0 Å². The number of benzene rings is 2. The fourth-order valence-corrected chi connectivity index (χ4v) is 4.28. The van der Waals surface area contributed by atoms with Crippen molar-refractivity contribution in [2.75, 3.05) is 38.1 Å². The molecule has 0 aliphatic carbocycles. The summed E-state index contributed by atoms with van der Waals surface area (Å²) in [6, 6.07) is 20.3. The summed E-state index contributed by atoms with van der Waals surface area (Å²) in [7, 11) is 1.86. The third-order valence-corrected chi connectivity index (χ3v) is 6.04. The molecule has 0 unspecified atom stereocenters. The van der Waals surface area contributed by atoms with Crippen LogP contribution in [-0.2, 0) is 6.54 Å². The maximum absolute atomic E-state index is 12.2. The van der Waals surface area contributed by atoms with Crippen molar-refractivity contribution < 1.29 is 5.21 Å². The highest BCUT2D eigenvalue weighted by molar-refractivity contribution is 5.89. The van der Waals surface area contributed by atoms with E-state index in [1.165, 1.54) is 11.8 Å². The molecule has 1 saturated heterocycles. The molecule has 2 aromatic carbocycles. The average molecular weight is 443 g/mol. The summed E-state index contributed by atoms with van der Waals surface area (Å²) < 4.78 is 0.479. The van der Waals surface area contributed by atoms with Crippen LogP contribution in [0.4, 0.5) is 11.5 Å². The fraction of sp³-hybridized carbons (Fsp3) is 0.240. The van der Waals surface area contributed by atoms with E-state index < -0.39 is 5.69 Å².